The minimum Gasteiger partial charge on any atom is -0.488 e. The normalized spacial score (nSPS) is 13.6. The minimum atomic E-state index is -0.952. The molecule has 6 heteroatoms. The molecule has 0 amide bonds. The Kier molecular flexibility index (Phi) is 6.55. The maximum Gasteiger partial charge on any atom is 0.325 e. The Labute approximate surface area is 123 Å². The summed E-state index contributed by atoms with van der Waals surface area (Å²) >= 11 is 0. The Balaban J connectivity index is 2.67. The lowest BCUT2D eigenvalue weighted by Gasteiger charge is -2.28. The molecule has 0 aliphatic heterocycles. The van der Waals surface area contributed by atoms with Crippen LogP contribution in [0.15, 0.2) is 18.2 Å². The molecule has 0 aliphatic carbocycles. The van der Waals surface area contributed by atoms with Gasteiger partial charge in [0, 0.05) is 6.42 Å². The van der Waals surface area contributed by atoms with Gasteiger partial charge in [-0.3, -0.25) is 4.79 Å². The maximum absolute atomic E-state index is 13.4. The summed E-state index contributed by atoms with van der Waals surface area (Å²) in [5.74, 6) is -2.40. The molecule has 21 heavy (non-hydrogen) atoms. The van der Waals surface area contributed by atoms with Crippen LogP contribution < -0.4 is 10.1 Å². The third-order valence-corrected chi connectivity index (χ3v) is 3.17. The lowest BCUT2D eigenvalue weighted by molar-refractivity contribution is -0.148. The van der Waals surface area contributed by atoms with Crippen LogP contribution in [-0.2, 0) is 9.53 Å². The predicted octanol–water partition coefficient (Wildman–Crippen LogP) is 2.67. The topological polar surface area (TPSA) is 47.6 Å². The number of halogens is 2. The molecule has 1 atom stereocenters. The van der Waals surface area contributed by atoms with Crippen LogP contribution in [-0.4, -0.2) is 31.8 Å². The van der Waals surface area contributed by atoms with Gasteiger partial charge >= 0.3 is 5.97 Å². The Morgan fingerprint density at radius 3 is 2.48 bits per heavy atom. The molecule has 1 N–H and O–H groups in total. The molecule has 4 nitrogen and oxygen atoms in total. The highest BCUT2D eigenvalue weighted by molar-refractivity contribution is 5.80. The van der Waals surface area contributed by atoms with Crippen LogP contribution >= 0.6 is 0 Å². The summed E-state index contributed by atoms with van der Waals surface area (Å²) in [5, 5.41) is 3.07. The van der Waals surface area contributed by atoms with Gasteiger partial charge in [0.2, 0.25) is 0 Å². The molecule has 0 radical (unpaired) electrons. The maximum atomic E-state index is 13.4. The van der Waals surface area contributed by atoms with Crippen molar-refractivity contribution in [1.29, 1.82) is 0 Å². The standard InChI is InChI=1S/C15H21F2NO3/c1-4-9-18-15(2,14(19)20-3)8-10-21-13-11(16)6-5-7-12(13)17/h5-7,18H,4,8-10H2,1-3H3. The van der Waals surface area contributed by atoms with E-state index in [0.717, 1.165) is 18.6 Å². The number of benzene rings is 1. The highest BCUT2D eigenvalue weighted by Crippen LogP contribution is 2.22. The van der Waals surface area contributed by atoms with Gasteiger partial charge in [0.1, 0.15) is 5.54 Å². The SMILES string of the molecule is CCCNC(C)(CCOc1c(F)cccc1F)C(=O)OC. The number of para-hydroxylation sites is 1. The van der Waals surface area contributed by atoms with E-state index in [9.17, 15) is 13.6 Å². The molecule has 0 heterocycles. The number of carbonyl (C=O) groups excluding carboxylic acids is 1. The number of nitrogens with one attached hydrogen (secondary N) is 1. The molecular formula is C15H21F2NO3. The highest BCUT2D eigenvalue weighted by atomic mass is 19.1. The number of hydrogen-bond acceptors (Lipinski definition) is 4. The van der Waals surface area contributed by atoms with E-state index in [4.69, 9.17) is 9.47 Å². The van der Waals surface area contributed by atoms with Gasteiger partial charge in [0.15, 0.2) is 17.4 Å². The van der Waals surface area contributed by atoms with Crippen LogP contribution in [0.3, 0.4) is 0 Å². The van der Waals surface area contributed by atoms with Crippen LogP contribution in [0, 0.1) is 11.6 Å². The van der Waals surface area contributed by atoms with E-state index in [2.05, 4.69) is 5.32 Å². The predicted molar refractivity (Wildman–Crippen MR) is 75.2 cm³/mol. The van der Waals surface area contributed by atoms with Crippen molar-refractivity contribution in [2.75, 3.05) is 20.3 Å². The molecule has 1 rings (SSSR count). The first-order valence-corrected chi connectivity index (χ1v) is 6.85. The molecule has 118 valence electrons. The summed E-state index contributed by atoms with van der Waals surface area (Å²) in [6.45, 7) is 4.26. The van der Waals surface area contributed by atoms with Crippen molar-refractivity contribution in [3.63, 3.8) is 0 Å². The van der Waals surface area contributed by atoms with Crippen LogP contribution in [0.1, 0.15) is 26.7 Å². The summed E-state index contributed by atoms with van der Waals surface area (Å²) in [6, 6.07) is 3.50. The van der Waals surface area contributed by atoms with Gasteiger partial charge in [-0.1, -0.05) is 13.0 Å². The largest absolute Gasteiger partial charge is 0.488 e. The number of carbonyl (C=O) groups is 1. The molecule has 0 bridgehead atoms. The monoisotopic (exact) mass is 301 g/mol. The Morgan fingerprint density at radius 2 is 1.95 bits per heavy atom. The van der Waals surface area contributed by atoms with Crippen molar-refractivity contribution in [2.45, 2.75) is 32.2 Å². The van der Waals surface area contributed by atoms with E-state index < -0.39 is 28.9 Å². The molecule has 0 saturated carbocycles. The number of ether oxygens (including phenoxy) is 2. The zero-order valence-corrected chi connectivity index (χ0v) is 12.5. The van der Waals surface area contributed by atoms with Crippen molar-refractivity contribution < 1.29 is 23.0 Å². The van der Waals surface area contributed by atoms with Gasteiger partial charge in [-0.05, 0) is 32.0 Å². The summed E-state index contributed by atoms with van der Waals surface area (Å²) in [4.78, 5) is 11.8. The van der Waals surface area contributed by atoms with Crippen LogP contribution in [0.5, 0.6) is 5.75 Å². The first-order chi connectivity index (χ1) is 9.94. The Bertz CT molecular complexity index is 462. The molecular weight excluding hydrogens is 280 g/mol. The second-order valence-electron chi connectivity index (χ2n) is 4.90. The minimum absolute atomic E-state index is 0.0137. The molecule has 0 spiro atoms. The van der Waals surface area contributed by atoms with Crippen molar-refractivity contribution in [2.24, 2.45) is 0 Å². The highest BCUT2D eigenvalue weighted by Gasteiger charge is 2.33. The fourth-order valence-corrected chi connectivity index (χ4v) is 1.87. The molecule has 0 fully saturated rings. The van der Waals surface area contributed by atoms with Crippen molar-refractivity contribution in [3.8, 4) is 5.75 Å². The first kappa shape index (κ1) is 17.4. The van der Waals surface area contributed by atoms with Crippen molar-refractivity contribution >= 4 is 5.97 Å². The number of hydrogen-bond donors (Lipinski definition) is 1. The van der Waals surface area contributed by atoms with Crippen LogP contribution in [0.25, 0.3) is 0 Å². The fraction of sp³-hybridized carbons (Fsp3) is 0.533. The third kappa shape index (κ3) is 4.67. The zero-order chi connectivity index (χ0) is 15.9. The van der Waals surface area contributed by atoms with Gasteiger partial charge in [0.05, 0.1) is 13.7 Å². The van der Waals surface area contributed by atoms with Crippen molar-refractivity contribution in [1.82, 2.24) is 5.32 Å². The quantitative estimate of drug-likeness (QED) is 0.750. The summed E-state index contributed by atoms with van der Waals surface area (Å²) < 4.78 is 36.7. The summed E-state index contributed by atoms with van der Waals surface area (Å²) in [6.07, 6.45) is 1.07. The zero-order valence-electron chi connectivity index (χ0n) is 12.5. The first-order valence-electron chi connectivity index (χ1n) is 6.85. The van der Waals surface area contributed by atoms with E-state index in [1.165, 1.54) is 13.2 Å². The Hall–Kier alpha value is -1.69. The fourth-order valence-electron chi connectivity index (χ4n) is 1.87. The van der Waals surface area contributed by atoms with Gasteiger partial charge < -0.3 is 14.8 Å². The number of methoxy groups -OCH3 is 1. The lowest BCUT2D eigenvalue weighted by atomic mass is 9.98. The van der Waals surface area contributed by atoms with Gasteiger partial charge in [-0.15, -0.1) is 0 Å². The molecule has 0 aromatic heterocycles. The Morgan fingerprint density at radius 1 is 1.33 bits per heavy atom. The summed E-state index contributed by atoms with van der Waals surface area (Å²) in [5.41, 5.74) is -0.952. The molecule has 0 aliphatic rings. The van der Waals surface area contributed by atoms with E-state index in [1.807, 2.05) is 6.92 Å². The third-order valence-electron chi connectivity index (χ3n) is 3.17. The lowest BCUT2D eigenvalue weighted by Crippen LogP contribution is -2.51. The second kappa shape index (κ2) is 7.93. The van der Waals surface area contributed by atoms with Gasteiger partial charge in [0.25, 0.3) is 0 Å². The van der Waals surface area contributed by atoms with E-state index in [0.29, 0.717) is 6.54 Å². The molecule has 1 aromatic rings. The molecule has 1 unspecified atom stereocenters. The molecule has 0 saturated heterocycles. The smallest absolute Gasteiger partial charge is 0.325 e. The van der Waals surface area contributed by atoms with Gasteiger partial charge in [-0.25, -0.2) is 8.78 Å². The van der Waals surface area contributed by atoms with Gasteiger partial charge in [-0.2, -0.15) is 0 Å². The van der Waals surface area contributed by atoms with E-state index >= 15 is 0 Å². The van der Waals surface area contributed by atoms with E-state index in [-0.39, 0.29) is 13.0 Å². The van der Waals surface area contributed by atoms with Crippen LogP contribution in [0.2, 0.25) is 0 Å². The number of rotatable bonds is 8. The number of esters is 1. The summed E-state index contributed by atoms with van der Waals surface area (Å²) in [7, 11) is 1.30. The van der Waals surface area contributed by atoms with Crippen molar-refractivity contribution in [3.05, 3.63) is 29.8 Å². The molecule has 1 aromatic carbocycles. The van der Waals surface area contributed by atoms with Crippen LogP contribution in [0.4, 0.5) is 8.78 Å². The van der Waals surface area contributed by atoms with E-state index in [1.54, 1.807) is 6.92 Å². The average molecular weight is 301 g/mol. The average Bonchev–Trinajstić information content (AvgIpc) is 2.47. The second-order valence-corrected chi connectivity index (χ2v) is 4.90.